The van der Waals surface area contributed by atoms with E-state index in [1.54, 1.807) is 22.6 Å². The van der Waals surface area contributed by atoms with Crippen LogP contribution in [-0.4, -0.2) is 43.9 Å². The number of benzene rings is 1. The molecule has 6 heteroatoms. The second-order valence-corrected chi connectivity index (χ2v) is 8.19. The summed E-state index contributed by atoms with van der Waals surface area (Å²) >= 11 is 0. The molecule has 4 rings (SSSR count). The summed E-state index contributed by atoms with van der Waals surface area (Å²) in [5.41, 5.74) is 1.77. The lowest BCUT2D eigenvalue weighted by Gasteiger charge is -2.19. The Balaban J connectivity index is 1.80. The highest BCUT2D eigenvalue weighted by molar-refractivity contribution is 7.89. The van der Waals surface area contributed by atoms with Crippen molar-refractivity contribution in [2.75, 3.05) is 26.2 Å². The van der Waals surface area contributed by atoms with Crippen LogP contribution in [0.25, 0.3) is 10.9 Å². The van der Waals surface area contributed by atoms with Gasteiger partial charge in [-0.25, -0.2) is 8.42 Å². The van der Waals surface area contributed by atoms with E-state index in [1.165, 1.54) is 0 Å². The van der Waals surface area contributed by atoms with Gasteiger partial charge in [0, 0.05) is 24.7 Å². The van der Waals surface area contributed by atoms with E-state index in [0.29, 0.717) is 29.8 Å². The molecule has 116 valence electrons. The number of pyridine rings is 1. The molecule has 2 atom stereocenters. The van der Waals surface area contributed by atoms with Crippen LogP contribution in [0.3, 0.4) is 0 Å². The summed E-state index contributed by atoms with van der Waals surface area (Å²) in [6, 6.07) is 7.21. The lowest BCUT2D eigenvalue weighted by atomic mass is 10.0. The van der Waals surface area contributed by atoms with Gasteiger partial charge in [-0.3, -0.25) is 4.98 Å². The third-order valence-electron chi connectivity index (χ3n) is 4.91. The van der Waals surface area contributed by atoms with Crippen molar-refractivity contribution in [1.29, 1.82) is 0 Å². The Labute approximate surface area is 130 Å². The molecule has 2 aliphatic heterocycles. The molecule has 2 aliphatic rings. The van der Waals surface area contributed by atoms with Crippen molar-refractivity contribution in [1.82, 2.24) is 14.6 Å². The van der Waals surface area contributed by atoms with E-state index >= 15 is 0 Å². The Morgan fingerprint density at radius 3 is 2.64 bits per heavy atom. The molecule has 0 spiro atoms. The molecular weight excluding hydrogens is 298 g/mol. The highest BCUT2D eigenvalue weighted by Crippen LogP contribution is 2.33. The number of hydrogen-bond acceptors (Lipinski definition) is 4. The SMILES string of the molecule is Cc1ccc(S(=O)(=O)N2C[C@H]3CNC[C@H]3C2)c2cccnc12. The molecule has 2 saturated heterocycles. The summed E-state index contributed by atoms with van der Waals surface area (Å²) in [6.45, 7) is 5.04. The molecule has 1 aromatic heterocycles. The lowest BCUT2D eigenvalue weighted by Crippen LogP contribution is -2.32. The van der Waals surface area contributed by atoms with Crippen LogP contribution in [0.5, 0.6) is 0 Å². The maximum absolute atomic E-state index is 13.1. The highest BCUT2D eigenvalue weighted by atomic mass is 32.2. The molecule has 2 fully saturated rings. The van der Waals surface area contributed by atoms with E-state index in [1.807, 2.05) is 19.1 Å². The lowest BCUT2D eigenvalue weighted by molar-refractivity contribution is 0.448. The van der Waals surface area contributed by atoms with Crippen molar-refractivity contribution in [2.24, 2.45) is 11.8 Å². The largest absolute Gasteiger partial charge is 0.316 e. The first-order valence-electron chi connectivity index (χ1n) is 7.62. The van der Waals surface area contributed by atoms with Crippen molar-refractivity contribution < 1.29 is 8.42 Å². The molecule has 1 N–H and O–H groups in total. The smallest absolute Gasteiger partial charge is 0.243 e. The van der Waals surface area contributed by atoms with Crippen LogP contribution in [0.1, 0.15) is 5.56 Å². The van der Waals surface area contributed by atoms with Gasteiger partial charge in [-0.05, 0) is 55.6 Å². The number of fused-ring (bicyclic) bond motifs is 2. The minimum absolute atomic E-state index is 0.383. The fourth-order valence-corrected chi connectivity index (χ4v) is 5.40. The average molecular weight is 317 g/mol. The molecule has 22 heavy (non-hydrogen) atoms. The van der Waals surface area contributed by atoms with Crippen LogP contribution in [0.4, 0.5) is 0 Å². The predicted octanol–water partition coefficient (Wildman–Crippen LogP) is 1.38. The predicted molar refractivity (Wildman–Crippen MR) is 85.1 cm³/mol. The molecule has 2 aromatic rings. The van der Waals surface area contributed by atoms with Crippen molar-refractivity contribution in [2.45, 2.75) is 11.8 Å². The molecule has 5 nitrogen and oxygen atoms in total. The van der Waals surface area contributed by atoms with E-state index in [2.05, 4.69) is 10.3 Å². The zero-order chi connectivity index (χ0) is 15.3. The second kappa shape index (κ2) is 5.01. The quantitative estimate of drug-likeness (QED) is 0.909. The topological polar surface area (TPSA) is 62.3 Å². The minimum atomic E-state index is -3.46. The highest BCUT2D eigenvalue weighted by Gasteiger charge is 2.41. The Hall–Kier alpha value is -1.50. The molecule has 0 unspecified atom stereocenters. The number of hydrogen-bond donors (Lipinski definition) is 1. The average Bonchev–Trinajstić information content (AvgIpc) is 3.09. The normalized spacial score (nSPS) is 25.7. The molecule has 0 radical (unpaired) electrons. The maximum atomic E-state index is 13.1. The number of nitrogens with one attached hydrogen (secondary N) is 1. The maximum Gasteiger partial charge on any atom is 0.243 e. The van der Waals surface area contributed by atoms with Gasteiger partial charge < -0.3 is 5.32 Å². The van der Waals surface area contributed by atoms with E-state index in [4.69, 9.17) is 0 Å². The zero-order valence-corrected chi connectivity index (χ0v) is 13.3. The van der Waals surface area contributed by atoms with Gasteiger partial charge in [-0.1, -0.05) is 6.07 Å². The number of sulfonamides is 1. The minimum Gasteiger partial charge on any atom is -0.316 e. The van der Waals surface area contributed by atoms with Crippen LogP contribution >= 0.6 is 0 Å². The molecule has 0 bridgehead atoms. The van der Waals surface area contributed by atoms with Crippen molar-refractivity contribution in [3.05, 3.63) is 36.0 Å². The monoisotopic (exact) mass is 317 g/mol. The number of nitrogens with zero attached hydrogens (tertiary/aromatic N) is 2. The molecule has 0 aliphatic carbocycles. The Kier molecular flexibility index (Phi) is 3.21. The van der Waals surface area contributed by atoms with Crippen LogP contribution in [-0.2, 0) is 10.0 Å². The Morgan fingerprint density at radius 1 is 1.18 bits per heavy atom. The van der Waals surface area contributed by atoms with E-state index in [9.17, 15) is 8.42 Å². The van der Waals surface area contributed by atoms with Crippen molar-refractivity contribution >= 4 is 20.9 Å². The molecule has 3 heterocycles. The third kappa shape index (κ3) is 2.06. The molecule has 0 saturated carbocycles. The Bertz CT molecular complexity index is 822. The van der Waals surface area contributed by atoms with Crippen molar-refractivity contribution in [3.8, 4) is 0 Å². The van der Waals surface area contributed by atoms with Gasteiger partial charge in [0.25, 0.3) is 0 Å². The number of aromatic nitrogens is 1. The van der Waals surface area contributed by atoms with Gasteiger partial charge in [0.05, 0.1) is 10.4 Å². The van der Waals surface area contributed by atoms with E-state index in [-0.39, 0.29) is 0 Å². The third-order valence-corrected chi connectivity index (χ3v) is 6.80. The molecule has 0 amide bonds. The molecule has 1 aromatic carbocycles. The van der Waals surface area contributed by atoms with Crippen LogP contribution in [0, 0.1) is 18.8 Å². The second-order valence-electron chi connectivity index (χ2n) is 6.28. The summed E-state index contributed by atoms with van der Waals surface area (Å²) in [6.07, 6.45) is 1.71. The first kappa shape index (κ1) is 14.1. The first-order chi connectivity index (χ1) is 10.6. The number of aryl methyl sites for hydroxylation is 1. The van der Waals surface area contributed by atoms with Gasteiger partial charge in [0.1, 0.15) is 0 Å². The Morgan fingerprint density at radius 2 is 1.91 bits per heavy atom. The van der Waals surface area contributed by atoms with Gasteiger partial charge in [0.15, 0.2) is 0 Å². The summed E-state index contributed by atoms with van der Waals surface area (Å²) < 4.78 is 27.8. The summed E-state index contributed by atoms with van der Waals surface area (Å²) in [4.78, 5) is 4.73. The first-order valence-corrected chi connectivity index (χ1v) is 9.06. The summed E-state index contributed by atoms with van der Waals surface area (Å²) in [5, 5.41) is 4.06. The zero-order valence-electron chi connectivity index (χ0n) is 12.5. The standard InChI is InChI=1S/C16H19N3O2S/c1-11-4-5-15(14-3-2-6-18-16(11)14)22(20,21)19-9-12-7-17-8-13(12)10-19/h2-6,12-13,17H,7-10H2,1H3/t12-,13+. The van der Waals surface area contributed by atoms with Crippen molar-refractivity contribution in [3.63, 3.8) is 0 Å². The van der Waals surface area contributed by atoms with Gasteiger partial charge >= 0.3 is 0 Å². The number of rotatable bonds is 2. The fraction of sp³-hybridized carbons (Fsp3) is 0.438. The van der Waals surface area contributed by atoms with Crippen LogP contribution < -0.4 is 5.32 Å². The van der Waals surface area contributed by atoms with E-state index in [0.717, 1.165) is 29.6 Å². The fourth-order valence-electron chi connectivity index (χ4n) is 3.66. The summed E-state index contributed by atoms with van der Waals surface area (Å²) in [5.74, 6) is 0.897. The van der Waals surface area contributed by atoms with Crippen LogP contribution in [0.15, 0.2) is 35.4 Å². The van der Waals surface area contributed by atoms with Gasteiger partial charge in [0.2, 0.25) is 10.0 Å². The summed E-state index contributed by atoms with van der Waals surface area (Å²) in [7, 11) is -3.46. The van der Waals surface area contributed by atoms with Gasteiger partial charge in [-0.15, -0.1) is 0 Å². The molecular formula is C16H19N3O2S. The van der Waals surface area contributed by atoms with Gasteiger partial charge in [-0.2, -0.15) is 4.31 Å². The van der Waals surface area contributed by atoms with Crippen LogP contribution in [0.2, 0.25) is 0 Å². The van der Waals surface area contributed by atoms with E-state index < -0.39 is 10.0 Å².